The molecule has 0 spiro atoms. The molecule has 1 aliphatic heterocycles. The summed E-state index contributed by atoms with van der Waals surface area (Å²) in [5.74, 6) is -0.921. The summed E-state index contributed by atoms with van der Waals surface area (Å²) < 4.78 is 31.4. The second-order valence-corrected chi connectivity index (χ2v) is 6.13. The molecule has 23 heavy (non-hydrogen) atoms. The van der Waals surface area contributed by atoms with Crippen molar-refractivity contribution in [2.45, 2.75) is 38.6 Å². The summed E-state index contributed by atoms with van der Waals surface area (Å²) >= 11 is 0. The summed E-state index contributed by atoms with van der Waals surface area (Å²) in [5.41, 5.74) is 5.92. The number of halogens is 2. The van der Waals surface area contributed by atoms with Crippen LogP contribution < -0.4 is 10.5 Å². The first-order valence-corrected chi connectivity index (χ1v) is 8.08. The van der Waals surface area contributed by atoms with Gasteiger partial charge in [-0.1, -0.05) is 0 Å². The van der Waals surface area contributed by atoms with Gasteiger partial charge in [-0.2, -0.15) is 0 Å². The van der Waals surface area contributed by atoms with E-state index in [-0.39, 0.29) is 24.3 Å². The van der Waals surface area contributed by atoms with Gasteiger partial charge in [-0.3, -0.25) is 4.79 Å². The van der Waals surface area contributed by atoms with Crippen molar-refractivity contribution >= 4 is 5.91 Å². The summed E-state index contributed by atoms with van der Waals surface area (Å²) in [4.78, 5) is 14.1. The smallest absolute Gasteiger partial charge is 0.222 e. The first-order valence-electron chi connectivity index (χ1n) is 8.08. The fourth-order valence-corrected chi connectivity index (χ4v) is 2.82. The van der Waals surface area contributed by atoms with Gasteiger partial charge in [0, 0.05) is 31.6 Å². The van der Waals surface area contributed by atoms with Gasteiger partial charge in [-0.15, -0.1) is 0 Å². The lowest BCUT2D eigenvalue weighted by molar-refractivity contribution is -0.133. The molecule has 0 bridgehead atoms. The molecule has 2 N–H and O–H groups in total. The quantitative estimate of drug-likeness (QED) is 0.818. The average Bonchev–Trinajstić information content (AvgIpc) is 2.53. The molecular weight excluding hydrogens is 302 g/mol. The van der Waals surface area contributed by atoms with E-state index in [0.29, 0.717) is 25.3 Å². The van der Waals surface area contributed by atoms with Crippen molar-refractivity contribution in [3.63, 3.8) is 0 Å². The number of hydrogen-bond acceptors (Lipinski definition) is 3. The largest absolute Gasteiger partial charge is 0.491 e. The fourth-order valence-electron chi connectivity index (χ4n) is 2.82. The highest BCUT2D eigenvalue weighted by Gasteiger charge is 2.25. The first-order chi connectivity index (χ1) is 11.0. The van der Waals surface area contributed by atoms with E-state index < -0.39 is 11.6 Å². The minimum absolute atomic E-state index is 0.00819. The highest BCUT2D eigenvalue weighted by molar-refractivity contribution is 5.76. The number of nitrogens with two attached hydrogens (primary N) is 1. The van der Waals surface area contributed by atoms with Gasteiger partial charge in [0.25, 0.3) is 0 Å². The lowest BCUT2D eigenvalue weighted by Crippen LogP contribution is -2.45. The lowest BCUT2D eigenvalue weighted by Gasteiger charge is -2.34. The van der Waals surface area contributed by atoms with E-state index in [1.807, 2.05) is 11.8 Å². The van der Waals surface area contributed by atoms with E-state index in [4.69, 9.17) is 10.5 Å². The van der Waals surface area contributed by atoms with Gasteiger partial charge in [0.05, 0.1) is 6.61 Å². The molecule has 0 saturated carbocycles. The van der Waals surface area contributed by atoms with Crippen molar-refractivity contribution in [1.29, 1.82) is 0 Å². The topological polar surface area (TPSA) is 55.6 Å². The highest BCUT2D eigenvalue weighted by Crippen LogP contribution is 2.20. The van der Waals surface area contributed by atoms with Crippen molar-refractivity contribution in [2.75, 3.05) is 19.7 Å². The van der Waals surface area contributed by atoms with E-state index in [2.05, 4.69) is 0 Å². The third-order valence-corrected chi connectivity index (χ3v) is 4.24. The number of carbonyl (C=O) groups excluding carboxylic acids is 1. The SMILES string of the molecule is C[C@H](N)[C@H]1CCCN(C(=O)CCCOc2ccc(F)cc2F)C1. The zero-order valence-corrected chi connectivity index (χ0v) is 13.4. The van der Waals surface area contributed by atoms with Crippen molar-refractivity contribution in [3.05, 3.63) is 29.8 Å². The predicted octanol–water partition coefficient (Wildman–Crippen LogP) is 2.71. The van der Waals surface area contributed by atoms with Crippen LogP contribution >= 0.6 is 0 Å². The molecule has 1 heterocycles. The van der Waals surface area contributed by atoms with Crippen LogP contribution in [-0.4, -0.2) is 36.5 Å². The predicted molar refractivity (Wildman–Crippen MR) is 84.0 cm³/mol. The number of ether oxygens (including phenoxy) is 1. The maximum atomic E-state index is 13.4. The van der Waals surface area contributed by atoms with Crippen LogP contribution in [0.5, 0.6) is 5.75 Å². The van der Waals surface area contributed by atoms with Crippen LogP contribution in [0.3, 0.4) is 0 Å². The molecular formula is C17H24F2N2O2. The molecule has 4 nitrogen and oxygen atoms in total. The monoisotopic (exact) mass is 326 g/mol. The van der Waals surface area contributed by atoms with Crippen LogP contribution in [0, 0.1) is 17.6 Å². The van der Waals surface area contributed by atoms with Gasteiger partial charge in [-0.25, -0.2) is 8.78 Å². The Balaban J connectivity index is 1.72. The zero-order chi connectivity index (χ0) is 16.8. The summed E-state index contributed by atoms with van der Waals surface area (Å²) in [6, 6.07) is 3.27. The molecule has 1 aromatic carbocycles. The van der Waals surface area contributed by atoms with Crippen LogP contribution in [0.4, 0.5) is 8.78 Å². The molecule has 2 rings (SSSR count). The molecule has 0 unspecified atom stereocenters. The second kappa shape index (κ2) is 8.24. The van der Waals surface area contributed by atoms with Crippen molar-refractivity contribution < 1.29 is 18.3 Å². The Bertz CT molecular complexity index is 537. The number of amides is 1. The van der Waals surface area contributed by atoms with E-state index in [1.165, 1.54) is 6.07 Å². The van der Waals surface area contributed by atoms with Crippen LogP contribution in [-0.2, 0) is 4.79 Å². The van der Waals surface area contributed by atoms with Gasteiger partial charge in [0.2, 0.25) is 5.91 Å². The van der Waals surface area contributed by atoms with Crippen molar-refractivity contribution in [1.82, 2.24) is 4.90 Å². The van der Waals surface area contributed by atoms with E-state index in [0.717, 1.165) is 31.5 Å². The van der Waals surface area contributed by atoms with E-state index in [9.17, 15) is 13.6 Å². The maximum Gasteiger partial charge on any atom is 0.222 e. The van der Waals surface area contributed by atoms with Crippen LogP contribution in [0.15, 0.2) is 18.2 Å². The summed E-state index contributed by atoms with van der Waals surface area (Å²) in [5, 5.41) is 0. The van der Waals surface area contributed by atoms with Gasteiger partial charge < -0.3 is 15.4 Å². The Labute approximate surface area is 135 Å². The van der Waals surface area contributed by atoms with Gasteiger partial charge >= 0.3 is 0 Å². The molecule has 128 valence electrons. The summed E-state index contributed by atoms with van der Waals surface area (Å²) in [7, 11) is 0. The number of nitrogens with zero attached hydrogens (tertiary/aromatic N) is 1. The van der Waals surface area contributed by atoms with Gasteiger partial charge in [0.1, 0.15) is 5.82 Å². The molecule has 1 aromatic rings. The molecule has 1 amide bonds. The Morgan fingerprint density at radius 2 is 2.26 bits per heavy atom. The van der Waals surface area contributed by atoms with Crippen LogP contribution in [0.2, 0.25) is 0 Å². The fraction of sp³-hybridized carbons (Fsp3) is 0.588. The van der Waals surface area contributed by atoms with Crippen molar-refractivity contribution in [2.24, 2.45) is 11.7 Å². The summed E-state index contributed by atoms with van der Waals surface area (Å²) in [6.07, 6.45) is 2.90. The number of likely N-dealkylation sites (tertiary alicyclic amines) is 1. The molecule has 0 aliphatic carbocycles. The minimum atomic E-state index is -0.730. The zero-order valence-electron chi connectivity index (χ0n) is 13.4. The normalized spacial score (nSPS) is 19.5. The Kier molecular flexibility index (Phi) is 6.33. The minimum Gasteiger partial charge on any atom is -0.491 e. The lowest BCUT2D eigenvalue weighted by atomic mass is 9.92. The number of benzene rings is 1. The molecule has 1 fully saturated rings. The average molecular weight is 326 g/mol. The molecule has 6 heteroatoms. The maximum absolute atomic E-state index is 13.4. The number of carbonyl (C=O) groups is 1. The van der Waals surface area contributed by atoms with Crippen LogP contribution in [0.1, 0.15) is 32.6 Å². The van der Waals surface area contributed by atoms with Gasteiger partial charge in [-0.05, 0) is 44.2 Å². The third-order valence-electron chi connectivity index (χ3n) is 4.24. The van der Waals surface area contributed by atoms with Crippen LogP contribution in [0.25, 0.3) is 0 Å². The molecule has 0 aromatic heterocycles. The van der Waals surface area contributed by atoms with E-state index >= 15 is 0 Å². The standard InChI is InChI=1S/C17H24F2N2O2/c1-12(20)13-4-2-8-21(11-13)17(22)5-3-9-23-16-7-6-14(18)10-15(16)19/h6-7,10,12-13H,2-5,8-9,11,20H2,1H3/t12-,13-/m0/s1. The Morgan fingerprint density at radius 1 is 1.48 bits per heavy atom. The summed E-state index contributed by atoms with van der Waals surface area (Å²) in [6.45, 7) is 3.68. The number of hydrogen-bond donors (Lipinski definition) is 1. The van der Waals surface area contributed by atoms with Gasteiger partial charge in [0.15, 0.2) is 11.6 Å². The van der Waals surface area contributed by atoms with Crippen molar-refractivity contribution in [3.8, 4) is 5.75 Å². The Morgan fingerprint density at radius 3 is 2.96 bits per heavy atom. The Hall–Kier alpha value is -1.69. The molecule has 0 radical (unpaired) electrons. The number of piperidine rings is 1. The second-order valence-electron chi connectivity index (χ2n) is 6.13. The molecule has 2 atom stereocenters. The van der Waals surface area contributed by atoms with E-state index in [1.54, 1.807) is 0 Å². The first kappa shape index (κ1) is 17.7. The third kappa shape index (κ3) is 5.16. The molecule has 1 aliphatic rings. The molecule has 1 saturated heterocycles. The number of rotatable bonds is 6. The highest BCUT2D eigenvalue weighted by atomic mass is 19.1.